The molecule has 0 fully saturated rings. The van der Waals surface area contributed by atoms with Crippen molar-refractivity contribution in [2.45, 2.75) is 32.6 Å². The van der Waals surface area contributed by atoms with Crippen LogP contribution in [-0.2, 0) is 10.2 Å². The van der Waals surface area contributed by atoms with E-state index in [1.165, 1.54) is 13.2 Å². The van der Waals surface area contributed by atoms with Crippen LogP contribution in [0.3, 0.4) is 0 Å². The number of benzene rings is 1. The van der Waals surface area contributed by atoms with Crippen molar-refractivity contribution in [1.82, 2.24) is 0 Å². The first-order valence-corrected chi connectivity index (χ1v) is 5.38. The van der Waals surface area contributed by atoms with Gasteiger partial charge in [0.2, 0.25) is 0 Å². The molecule has 0 amide bonds. The summed E-state index contributed by atoms with van der Waals surface area (Å²) in [5.41, 5.74) is 1.10. The zero-order valence-electron chi connectivity index (χ0n) is 10.6. The van der Waals surface area contributed by atoms with Gasteiger partial charge < -0.3 is 14.9 Å². The number of aliphatic carboxylic acids is 1. The number of aryl methyl sites for hydroxylation is 1. The maximum Gasteiger partial charge on any atom is 0.304 e. The first-order valence-electron chi connectivity index (χ1n) is 5.38. The molecule has 4 nitrogen and oxygen atoms in total. The molecular weight excluding hydrogens is 220 g/mol. The number of methoxy groups -OCH3 is 1. The van der Waals surface area contributed by atoms with Gasteiger partial charge in [0.05, 0.1) is 13.5 Å². The molecule has 4 heteroatoms. The average molecular weight is 238 g/mol. The highest BCUT2D eigenvalue weighted by Gasteiger charge is 2.29. The summed E-state index contributed by atoms with van der Waals surface area (Å²) < 4.78 is 5.22. The number of hydrogen-bond donors (Lipinski definition) is 2. The largest absolute Gasteiger partial charge is 0.508 e. The fraction of sp³-hybridized carbons (Fsp3) is 0.462. The molecule has 0 unspecified atom stereocenters. The van der Waals surface area contributed by atoms with E-state index in [1.54, 1.807) is 6.07 Å². The molecule has 0 aromatic heterocycles. The number of phenols is 1. The van der Waals surface area contributed by atoms with Gasteiger partial charge in [-0.05, 0) is 18.6 Å². The molecule has 0 aliphatic heterocycles. The van der Waals surface area contributed by atoms with Gasteiger partial charge in [-0.3, -0.25) is 4.79 Å². The van der Waals surface area contributed by atoms with Gasteiger partial charge in [0.25, 0.3) is 0 Å². The molecule has 1 aromatic rings. The minimum Gasteiger partial charge on any atom is -0.508 e. The van der Waals surface area contributed by atoms with E-state index in [-0.39, 0.29) is 12.2 Å². The molecule has 2 N–H and O–H groups in total. The highest BCUT2D eigenvalue weighted by Crippen LogP contribution is 2.39. The van der Waals surface area contributed by atoms with Gasteiger partial charge in [-0.15, -0.1) is 0 Å². The van der Waals surface area contributed by atoms with Crippen LogP contribution in [-0.4, -0.2) is 23.3 Å². The fourth-order valence-corrected chi connectivity index (χ4v) is 2.23. The van der Waals surface area contributed by atoms with Crippen LogP contribution in [0, 0.1) is 6.92 Å². The lowest BCUT2D eigenvalue weighted by Gasteiger charge is -2.27. The van der Waals surface area contributed by atoms with E-state index in [4.69, 9.17) is 9.84 Å². The predicted molar refractivity (Wildman–Crippen MR) is 64.7 cm³/mol. The summed E-state index contributed by atoms with van der Waals surface area (Å²) in [6.07, 6.45) is 0.00890. The van der Waals surface area contributed by atoms with Crippen molar-refractivity contribution in [3.8, 4) is 11.5 Å². The van der Waals surface area contributed by atoms with Gasteiger partial charge in [-0.25, -0.2) is 0 Å². The molecule has 1 aromatic carbocycles. The van der Waals surface area contributed by atoms with Crippen LogP contribution in [0.4, 0.5) is 0 Å². The molecule has 0 aliphatic carbocycles. The summed E-state index contributed by atoms with van der Waals surface area (Å²) in [5.74, 6) is -0.215. The second kappa shape index (κ2) is 4.65. The average Bonchev–Trinajstić information content (AvgIpc) is 2.13. The van der Waals surface area contributed by atoms with E-state index in [0.717, 1.165) is 11.1 Å². The lowest BCUT2D eigenvalue weighted by atomic mass is 9.78. The minimum absolute atomic E-state index is 0.00890. The lowest BCUT2D eigenvalue weighted by Crippen LogP contribution is -2.23. The summed E-state index contributed by atoms with van der Waals surface area (Å²) in [5, 5.41) is 18.4. The number of aromatic hydroxyl groups is 1. The van der Waals surface area contributed by atoms with Gasteiger partial charge >= 0.3 is 5.97 Å². The smallest absolute Gasteiger partial charge is 0.304 e. The lowest BCUT2D eigenvalue weighted by molar-refractivity contribution is -0.138. The summed E-state index contributed by atoms with van der Waals surface area (Å²) in [6, 6.07) is 3.12. The Morgan fingerprint density at radius 2 is 2.00 bits per heavy atom. The van der Waals surface area contributed by atoms with Gasteiger partial charge in [0.15, 0.2) is 0 Å². The van der Waals surface area contributed by atoms with E-state index in [9.17, 15) is 9.90 Å². The Morgan fingerprint density at radius 1 is 1.41 bits per heavy atom. The van der Waals surface area contributed by atoms with Gasteiger partial charge in [-0.1, -0.05) is 13.8 Å². The summed E-state index contributed by atoms with van der Waals surface area (Å²) >= 11 is 0. The number of phenolic OH excluding ortho intramolecular Hbond substituents is 1. The van der Waals surface area contributed by atoms with Crippen LogP contribution < -0.4 is 4.74 Å². The van der Waals surface area contributed by atoms with Crippen molar-refractivity contribution in [1.29, 1.82) is 0 Å². The van der Waals surface area contributed by atoms with Crippen LogP contribution in [0.5, 0.6) is 11.5 Å². The molecule has 1 rings (SSSR count). The van der Waals surface area contributed by atoms with Crippen molar-refractivity contribution < 1.29 is 19.7 Å². The number of carbonyl (C=O) groups is 1. The number of carboxylic acids is 1. The van der Waals surface area contributed by atoms with Crippen LogP contribution in [0.2, 0.25) is 0 Å². The third kappa shape index (κ3) is 2.90. The predicted octanol–water partition coefficient (Wildman–Crippen LogP) is 2.46. The second-order valence-corrected chi connectivity index (χ2v) is 4.79. The van der Waals surface area contributed by atoms with E-state index in [2.05, 4.69) is 0 Å². The Kier molecular flexibility index (Phi) is 3.66. The zero-order valence-corrected chi connectivity index (χ0v) is 10.6. The van der Waals surface area contributed by atoms with Crippen molar-refractivity contribution in [2.24, 2.45) is 0 Å². The van der Waals surface area contributed by atoms with Crippen molar-refractivity contribution in [2.75, 3.05) is 7.11 Å². The fourth-order valence-electron chi connectivity index (χ4n) is 2.23. The van der Waals surface area contributed by atoms with Crippen molar-refractivity contribution >= 4 is 5.97 Å². The Morgan fingerprint density at radius 3 is 2.47 bits per heavy atom. The molecule has 0 saturated heterocycles. The Balaban J connectivity index is 3.33. The molecule has 0 bridgehead atoms. The maximum absolute atomic E-state index is 10.9. The molecule has 94 valence electrons. The van der Waals surface area contributed by atoms with Gasteiger partial charge in [0.1, 0.15) is 11.5 Å². The summed E-state index contributed by atoms with van der Waals surface area (Å²) in [4.78, 5) is 10.9. The van der Waals surface area contributed by atoms with Crippen molar-refractivity contribution in [3.63, 3.8) is 0 Å². The topological polar surface area (TPSA) is 66.8 Å². The van der Waals surface area contributed by atoms with Crippen molar-refractivity contribution in [3.05, 3.63) is 23.3 Å². The maximum atomic E-state index is 10.9. The van der Waals surface area contributed by atoms with Crippen LogP contribution in [0.1, 0.15) is 31.4 Å². The first kappa shape index (κ1) is 13.4. The van der Waals surface area contributed by atoms with E-state index >= 15 is 0 Å². The Bertz CT molecular complexity index is 435. The minimum atomic E-state index is -0.857. The molecule has 17 heavy (non-hydrogen) atoms. The molecule has 0 aliphatic rings. The highest BCUT2D eigenvalue weighted by atomic mass is 16.5. The SMILES string of the molecule is COc1cc(O)cc(C)c1C(C)(C)CC(=O)O. The molecule has 0 atom stereocenters. The molecule has 0 heterocycles. The monoisotopic (exact) mass is 238 g/mol. The first-order chi connectivity index (χ1) is 7.77. The van der Waals surface area contributed by atoms with E-state index in [0.29, 0.717) is 5.75 Å². The Labute approximate surface area is 101 Å². The summed E-state index contributed by atoms with van der Waals surface area (Å²) in [7, 11) is 1.51. The standard InChI is InChI=1S/C13H18O4/c1-8-5-9(14)6-10(17-4)12(8)13(2,3)7-11(15)16/h5-6,14H,7H2,1-4H3,(H,15,16). The van der Waals surface area contributed by atoms with Crippen LogP contribution in [0.15, 0.2) is 12.1 Å². The van der Waals surface area contributed by atoms with Gasteiger partial charge in [0, 0.05) is 17.0 Å². The zero-order chi connectivity index (χ0) is 13.2. The third-order valence-corrected chi connectivity index (χ3v) is 2.77. The van der Waals surface area contributed by atoms with E-state index < -0.39 is 11.4 Å². The third-order valence-electron chi connectivity index (χ3n) is 2.77. The molecule has 0 radical (unpaired) electrons. The number of carboxylic acid groups (broad SMARTS) is 1. The summed E-state index contributed by atoms with van der Waals surface area (Å²) in [6.45, 7) is 5.53. The highest BCUT2D eigenvalue weighted by molar-refractivity contribution is 5.69. The molecule has 0 saturated carbocycles. The van der Waals surface area contributed by atoms with Crippen LogP contribution in [0.25, 0.3) is 0 Å². The molecular formula is C13H18O4. The number of ether oxygens (including phenoxy) is 1. The normalized spacial score (nSPS) is 11.3. The quantitative estimate of drug-likeness (QED) is 0.845. The van der Waals surface area contributed by atoms with E-state index in [1.807, 2.05) is 20.8 Å². The van der Waals surface area contributed by atoms with Gasteiger partial charge in [-0.2, -0.15) is 0 Å². The second-order valence-electron chi connectivity index (χ2n) is 4.79. The van der Waals surface area contributed by atoms with Crippen LogP contribution >= 0.6 is 0 Å². The Hall–Kier alpha value is -1.71. The number of hydrogen-bond acceptors (Lipinski definition) is 3. The number of rotatable bonds is 4. The molecule has 0 spiro atoms.